The zero-order chi connectivity index (χ0) is 13.8. The Balaban J connectivity index is 1.61. The molecule has 3 heteroatoms. The van der Waals surface area contributed by atoms with Gasteiger partial charge in [-0.15, -0.1) is 0 Å². The lowest BCUT2D eigenvalue weighted by atomic mass is 10.1. The first-order valence-corrected chi connectivity index (χ1v) is 7.64. The second-order valence-corrected chi connectivity index (χ2v) is 5.81. The van der Waals surface area contributed by atoms with Crippen molar-refractivity contribution >= 4 is 5.95 Å². The Labute approximate surface area is 121 Å². The molecule has 0 amide bonds. The van der Waals surface area contributed by atoms with E-state index in [-0.39, 0.29) is 0 Å². The Morgan fingerprint density at radius 2 is 2.15 bits per heavy atom. The van der Waals surface area contributed by atoms with Crippen molar-refractivity contribution in [3.05, 3.63) is 47.8 Å². The number of rotatable bonds is 5. The number of hydrogen-bond donors (Lipinski definition) is 1. The minimum atomic E-state index is 0.620. The minimum absolute atomic E-state index is 0.620. The number of aryl methyl sites for hydroxylation is 3. The fraction of sp³-hybridized carbons (Fsp3) is 0.471. The summed E-state index contributed by atoms with van der Waals surface area (Å²) in [5.74, 6) is 1.03. The normalized spacial score (nSPS) is 15.7. The van der Waals surface area contributed by atoms with E-state index in [1.807, 2.05) is 6.20 Å². The number of imidazole rings is 1. The Hall–Kier alpha value is -1.77. The van der Waals surface area contributed by atoms with Gasteiger partial charge in [0.25, 0.3) is 0 Å². The van der Waals surface area contributed by atoms with Crippen LogP contribution in [0.3, 0.4) is 0 Å². The maximum atomic E-state index is 4.46. The molecule has 1 aliphatic rings. The number of nitrogens with zero attached hydrogens (tertiary/aromatic N) is 2. The molecule has 20 heavy (non-hydrogen) atoms. The molecule has 1 heterocycles. The van der Waals surface area contributed by atoms with E-state index >= 15 is 0 Å². The van der Waals surface area contributed by atoms with Gasteiger partial charge in [0.1, 0.15) is 0 Å². The molecule has 0 spiro atoms. The van der Waals surface area contributed by atoms with Gasteiger partial charge < -0.3 is 9.88 Å². The maximum absolute atomic E-state index is 4.46. The van der Waals surface area contributed by atoms with Crippen LogP contribution >= 0.6 is 0 Å². The lowest BCUT2D eigenvalue weighted by Gasteiger charge is -2.14. The molecule has 1 aromatic carbocycles. The van der Waals surface area contributed by atoms with E-state index in [0.717, 1.165) is 18.9 Å². The van der Waals surface area contributed by atoms with Crippen LogP contribution < -0.4 is 5.32 Å². The highest BCUT2D eigenvalue weighted by atomic mass is 15.2. The highest BCUT2D eigenvalue weighted by Crippen LogP contribution is 2.21. The van der Waals surface area contributed by atoms with Crippen LogP contribution in [0, 0.1) is 6.92 Å². The molecule has 0 aliphatic heterocycles. The first-order valence-electron chi connectivity index (χ1n) is 7.64. The highest BCUT2D eigenvalue weighted by Gasteiger charge is 2.16. The highest BCUT2D eigenvalue weighted by molar-refractivity contribution is 5.28. The van der Waals surface area contributed by atoms with Crippen molar-refractivity contribution in [2.75, 3.05) is 5.32 Å². The second kappa shape index (κ2) is 6.12. The van der Waals surface area contributed by atoms with Gasteiger partial charge in [0.15, 0.2) is 0 Å². The molecule has 0 radical (unpaired) electrons. The topological polar surface area (TPSA) is 29.9 Å². The molecule has 2 aromatic rings. The maximum Gasteiger partial charge on any atom is 0.202 e. The summed E-state index contributed by atoms with van der Waals surface area (Å²) in [7, 11) is 0. The summed E-state index contributed by atoms with van der Waals surface area (Å²) in [6, 6.07) is 9.37. The standard InChI is InChI=1S/C17H23N3/c1-14-5-4-6-15(13-14)9-11-20-12-10-18-17(20)19-16-7-2-3-8-16/h4-6,10,12-13,16H,2-3,7-9,11H2,1H3,(H,18,19). The molecule has 1 N–H and O–H groups in total. The SMILES string of the molecule is Cc1cccc(CCn2ccnc2NC2CCCC2)c1. The van der Waals surface area contributed by atoms with Crippen LogP contribution in [-0.2, 0) is 13.0 Å². The van der Waals surface area contributed by atoms with Gasteiger partial charge in [-0.2, -0.15) is 0 Å². The van der Waals surface area contributed by atoms with Gasteiger partial charge >= 0.3 is 0 Å². The Kier molecular flexibility index (Phi) is 4.05. The molecule has 1 fully saturated rings. The van der Waals surface area contributed by atoms with Gasteiger partial charge in [-0.3, -0.25) is 0 Å². The van der Waals surface area contributed by atoms with E-state index in [4.69, 9.17) is 0 Å². The predicted molar refractivity (Wildman–Crippen MR) is 83.0 cm³/mol. The van der Waals surface area contributed by atoms with Crippen molar-refractivity contribution < 1.29 is 0 Å². The third-order valence-electron chi connectivity index (χ3n) is 4.13. The Bertz CT molecular complexity index is 553. The smallest absolute Gasteiger partial charge is 0.202 e. The van der Waals surface area contributed by atoms with E-state index in [1.165, 1.54) is 36.8 Å². The summed E-state index contributed by atoms with van der Waals surface area (Å²) in [6.45, 7) is 3.13. The fourth-order valence-corrected chi connectivity index (χ4v) is 3.00. The van der Waals surface area contributed by atoms with Crippen molar-refractivity contribution in [2.24, 2.45) is 0 Å². The van der Waals surface area contributed by atoms with Gasteiger partial charge in [-0.25, -0.2) is 4.98 Å². The van der Waals surface area contributed by atoms with Crippen LogP contribution in [0.2, 0.25) is 0 Å². The summed E-state index contributed by atoms with van der Waals surface area (Å²) >= 11 is 0. The lowest BCUT2D eigenvalue weighted by molar-refractivity contribution is 0.674. The van der Waals surface area contributed by atoms with E-state index < -0.39 is 0 Å². The van der Waals surface area contributed by atoms with E-state index in [1.54, 1.807) is 0 Å². The monoisotopic (exact) mass is 269 g/mol. The van der Waals surface area contributed by atoms with Crippen LogP contribution in [-0.4, -0.2) is 15.6 Å². The Morgan fingerprint density at radius 3 is 2.95 bits per heavy atom. The van der Waals surface area contributed by atoms with Crippen molar-refractivity contribution in [1.82, 2.24) is 9.55 Å². The lowest BCUT2D eigenvalue weighted by Crippen LogP contribution is -2.18. The third-order valence-corrected chi connectivity index (χ3v) is 4.13. The molecule has 1 aliphatic carbocycles. The van der Waals surface area contributed by atoms with Crippen LogP contribution in [0.1, 0.15) is 36.8 Å². The molecule has 0 atom stereocenters. The molecule has 1 saturated carbocycles. The first kappa shape index (κ1) is 13.2. The third kappa shape index (κ3) is 3.21. The number of hydrogen-bond acceptors (Lipinski definition) is 2. The minimum Gasteiger partial charge on any atom is -0.353 e. The zero-order valence-electron chi connectivity index (χ0n) is 12.2. The summed E-state index contributed by atoms with van der Waals surface area (Å²) in [4.78, 5) is 4.46. The molecule has 1 aromatic heterocycles. The van der Waals surface area contributed by atoms with Gasteiger partial charge in [-0.05, 0) is 31.7 Å². The number of anilines is 1. The average molecular weight is 269 g/mol. The number of benzene rings is 1. The van der Waals surface area contributed by atoms with Crippen molar-refractivity contribution in [1.29, 1.82) is 0 Å². The molecular formula is C17H23N3. The summed E-state index contributed by atoms with van der Waals surface area (Å²) < 4.78 is 2.24. The van der Waals surface area contributed by atoms with Gasteiger partial charge in [0, 0.05) is 25.0 Å². The van der Waals surface area contributed by atoms with Crippen molar-refractivity contribution in [3.8, 4) is 0 Å². The van der Waals surface area contributed by atoms with E-state index in [2.05, 4.69) is 52.3 Å². The molecular weight excluding hydrogens is 246 g/mol. The van der Waals surface area contributed by atoms with Gasteiger partial charge in [0.05, 0.1) is 0 Å². The molecule has 0 unspecified atom stereocenters. The van der Waals surface area contributed by atoms with Crippen LogP contribution in [0.15, 0.2) is 36.7 Å². The summed E-state index contributed by atoms with van der Waals surface area (Å²) in [5, 5.41) is 3.59. The largest absolute Gasteiger partial charge is 0.353 e. The van der Waals surface area contributed by atoms with Crippen molar-refractivity contribution in [2.45, 2.75) is 51.6 Å². The first-order chi connectivity index (χ1) is 9.81. The number of nitrogens with one attached hydrogen (secondary N) is 1. The fourth-order valence-electron chi connectivity index (χ4n) is 3.00. The van der Waals surface area contributed by atoms with Gasteiger partial charge in [0.2, 0.25) is 5.95 Å². The summed E-state index contributed by atoms with van der Waals surface area (Å²) in [5.41, 5.74) is 2.72. The average Bonchev–Trinajstić information content (AvgIpc) is 3.09. The molecule has 0 saturated heterocycles. The second-order valence-electron chi connectivity index (χ2n) is 5.81. The van der Waals surface area contributed by atoms with Crippen LogP contribution in [0.25, 0.3) is 0 Å². The molecule has 0 bridgehead atoms. The molecule has 3 rings (SSSR count). The van der Waals surface area contributed by atoms with Crippen LogP contribution in [0.4, 0.5) is 5.95 Å². The summed E-state index contributed by atoms with van der Waals surface area (Å²) in [6.07, 6.45) is 10.3. The Morgan fingerprint density at radius 1 is 1.30 bits per heavy atom. The van der Waals surface area contributed by atoms with Gasteiger partial charge in [-0.1, -0.05) is 42.7 Å². The quantitative estimate of drug-likeness (QED) is 0.895. The van der Waals surface area contributed by atoms with Crippen LogP contribution in [0.5, 0.6) is 0 Å². The number of aromatic nitrogens is 2. The zero-order valence-corrected chi connectivity index (χ0v) is 12.2. The molecule has 106 valence electrons. The van der Waals surface area contributed by atoms with E-state index in [9.17, 15) is 0 Å². The molecule has 3 nitrogen and oxygen atoms in total. The van der Waals surface area contributed by atoms with Crippen molar-refractivity contribution in [3.63, 3.8) is 0 Å². The van der Waals surface area contributed by atoms with E-state index in [0.29, 0.717) is 6.04 Å². The predicted octanol–water partition coefficient (Wildman–Crippen LogP) is 3.79.